The molecule has 0 bridgehead atoms. The van der Waals surface area contributed by atoms with Crippen molar-refractivity contribution in [2.75, 3.05) is 33.5 Å². The molecule has 1 saturated heterocycles. The predicted molar refractivity (Wildman–Crippen MR) is 82.5 cm³/mol. The third-order valence-corrected chi connectivity index (χ3v) is 4.12. The Morgan fingerprint density at radius 1 is 1.35 bits per heavy atom. The van der Waals surface area contributed by atoms with Gasteiger partial charge in [0, 0.05) is 13.2 Å². The van der Waals surface area contributed by atoms with Gasteiger partial charge in [0.25, 0.3) is 0 Å². The van der Waals surface area contributed by atoms with Crippen molar-refractivity contribution < 1.29 is 14.2 Å². The highest BCUT2D eigenvalue weighted by atomic mass is 79.9. The number of nitrogens with two attached hydrogens (primary N) is 1. The Hall–Kier alpha value is -0.780. The standard InChI is InChI=1S/C15H22BrNO3/c1-18-14-9-12(2-5-17)8-13(16)15(14)20-10-11-3-6-19-7-4-11/h8-9,11H,2-7,10,17H2,1H3. The number of benzene rings is 1. The SMILES string of the molecule is COc1cc(CCN)cc(Br)c1OCC1CCOCC1. The van der Waals surface area contributed by atoms with Crippen LogP contribution < -0.4 is 15.2 Å². The molecule has 0 aliphatic carbocycles. The molecule has 0 aromatic heterocycles. The Morgan fingerprint density at radius 2 is 2.10 bits per heavy atom. The molecule has 4 nitrogen and oxygen atoms in total. The molecule has 0 amide bonds. The largest absolute Gasteiger partial charge is 0.493 e. The van der Waals surface area contributed by atoms with Crippen molar-refractivity contribution in [1.82, 2.24) is 0 Å². The number of methoxy groups -OCH3 is 1. The summed E-state index contributed by atoms with van der Waals surface area (Å²) in [5.41, 5.74) is 6.74. The summed E-state index contributed by atoms with van der Waals surface area (Å²) in [5, 5.41) is 0. The van der Waals surface area contributed by atoms with Crippen molar-refractivity contribution in [3.8, 4) is 11.5 Å². The molecule has 0 spiro atoms. The van der Waals surface area contributed by atoms with Gasteiger partial charge < -0.3 is 19.9 Å². The van der Waals surface area contributed by atoms with E-state index in [1.165, 1.54) is 0 Å². The lowest BCUT2D eigenvalue weighted by Crippen LogP contribution is -2.21. The molecule has 1 heterocycles. The van der Waals surface area contributed by atoms with Crippen molar-refractivity contribution in [2.24, 2.45) is 11.7 Å². The molecule has 0 saturated carbocycles. The van der Waals surface area contributed by atoms with Gasteiger partial charge in [-0.3, -0.25) is 0 Å². The summed E-state index contributed by atoms with van der Waals surface area (Å²) in [7, 11) is 1.66. The van der Waals surface area contributed by atoms with E-state index >= 15 is 0 Å². The van der Waals surface area contributed by atoms with Crippen LogP contribution in [0.15, 0.2) is 16.6 Å². The van der Waals surface area contributed by atoms with Crippen LogP contribution in [0, 0.1) is 5.92 Å². The van der Waals surface area contributed by atoms with Crippen LogP contribution in [0.25, 0.3) is 0 Å². The molecular formula is C15H22BrNO3. The van der Waals surface area contributed by atoms with E-state index in [-0.39, 0.29) is 0 Å². The molecule has 1 aliphatic heterocycles. The number of hydrogen-bond acceptors (Lipinski definition) is 4. The van der Waals surface area contributed by atoms with Crippen molar-refractivity contribution in [2.45, 2.75) is 19.3 Å². The molecule has 1 fully saturated rings. The average molecular weight is 344 g/mol. The predicted octanol–water partition coefficient (Wildman–Crippen LogP) is 2.76. The van der Waals surface area contributed by atoms with Gasteiger partial charge in [0.1, 0.15) is 0 Å². The summed E-state index contributed by atoms with van der Waals surface area (Å²) < 4.78 is 17.7. The molecule has 112 valence electrons. The monoisotopic (exact) mass is 343 g/mol. The summed E-state index contributed by atoms with van der Waals surface area (Å²) >= 11 is 3.56. The lowest BCUT2D eigenvalue weighted by molar-refractivity contribution is 0.0492. The average Bonchev–Trinajstić information content (AvgIpc) is 2.47. The maximum absolute atomic E-state index is 5.97. The second kappa shape index (κ2) is 7.86. The quantitative estimate of drug-likeness (QED) is 0.862. The number of hydrogen-bond donors (Lipinski definition) is 1. The van der Waals surface area contributed by atoms with E-state index in [0.717, 1.165) is 54.0 Å². The molecule has 0 radical (unpaired) electrons. The Bertz CT molecular complexity index is 433. The summed E-state index contributed by atoms with van der Waals surface area (Å²) in [6, 6.07) is 4.05. The van der Waals surface area contributed by atoms with Crippen LogP contribution in [0.2, 0.25) is 0 Å². The number of ether oxygens (including phenoxy) is 3. The maximum Gasteiger partial charge on any atom is 0.175 e. The molecule has 1 aliphatic rings. The number of halogens is 1. The normalized spacial score (nSPS) is 16.1. The topological polar surface area (TPSA) is 53.7 Å². The zero-order chi connectivity index (χ0) is 14.4. The van der Waals surface area contributed by atoms with E-state index in [4.69, 9.17) is 19.9 Å². The lowest BCUT2D eigenvalue weighted by atomic mass is 10.0. The zero-order valence-electron chi connectivity index (χ0n) is 11.9. The molecule has 1 aromatic carbocycles. The Morgan fingerprint density at radius 3 is 2.75 bits per heavy atom. The molecule has 5 heteroatoms. The van der Waals surface area contributed by atoms with Crippen molar-refractivity contribution in [1.29, 1.82) is 0 Å². The second-order valence-electron chi connectivity index (χ2n) is 5.01. The van der Waals surface area contributed by atoms with E-state index < -0.39 is 0 Å². The molecule has 1 aromatic rings. The van der Waals surface area contributed by atoms with Crippen LogP contribution in [0.5, 0.6) is 11.5 Å². The van der Waals surface area contributed by atoms with E-state index in [0.29, 0.717) is 19.1 Å². The van der Waals surface area contributed by atoms with Gasteiger partial charge in [-0.25, -0.2) is 0 Å². The first kappa shape index (κ1) is 15.6. The molecule has 2 N–H and O–H groups in total. The minimum atomic E-state index is 0.559. The highest BCUT2D eigenvalue weighted by Gasteiger charge is 2.17. The van der Waals surface area contributed by atoms with Gasteiger partial charge >= 0.3 is 0 Å². The van der Waals surface area contributed by atoms with E-state index in [1.807, 2.05) is 6.07 Å². The maximum atomic E-state index is 5.97. The zero-order valence-corrected chi connectivity index (χ0v) is 13.4. The molecular weight excluding hydrogens is 322 g/mol. The molecule has 2 rings (SSSR count). The van der Waals surface area contributed by atoms with Gasteiger partial charge in [-0.15, -0.1) is 0 Å². The summed E-state index contributed by atoms with van der Waals surface area (Å²) in [4.78, 5) is 0. The van der Waals surface area contributed by atoms with Crippen LogP contribution in [-0.2, 0) is 11.2 Å². The fourth-order valence-corrected chi connectivity index (χ4v) is 2.94. The Labute approximate surface area is 128 Å². The van der Waals surface area contributed by atoms with Crippen LogP contribution in [0.3, 0.4) is 0 Å². The fourth-order valence-electron chi connectivity index (χ4n) is 2.34. The highest BCUT2D eigenvalue weighted by molar-refractivity contribution is 9.10. The first-order chi connectivity index (χ1) is 9.74. The van der Waals surface area contributed by atoms with Crippen LogP contribution >= 0.6 is 15.9 Å². The van der Waals surface area contributed by atoms with E-state index in [1.54, 1.807) is 7.11 Å². The highest BCUT2D eigenvalue weighted by Crippen LogP contribution is 2.37. The van der Waals surface area contributed by atoms with Crippen molar-refractivity contribution in [3.63, 3.8) is 0 Å². The second-order valence-corrected chi connectivity index (χ2v) is 5.87. The summed E-state index contributed by atoms with van der Waals surface area (Å²) in [5.74, 6) is 2.10. The van der Waals surface area contributed by atoms with E-state index in [2.05, 4.69) is 22.0 Å². The smallest absolute Gasteiger partial charge is 0.175 e. The van der Waals surface area contributed by atoms with Crippen molar-refractivity contribution >= 4 is 15.9 Å². The van der Waals surface area contributed by atoms with Crippen LogP contribution in [-0.4, -0.2) is 33.5 Å². The molecule has 0 unspecified atom stereocenters. The number of rotatable bonds is 6. The van der Waals surface area contributed by atoms with Gasteiger partial charge in [-0.05, 0) is 65.4 Å². The summed E-state index contributed by atoms with van der Waals surface area (Å²) in [6.45, 7) is 3.00. The fraction of sp³-hybridized carbons (Fsp3) is 0.600. The third-order valence-electron chi connectivity index (χ3n) is 3.53. The first-order valence-electron chi connectivity index (χ1n) is 7.01. The van der Waals surface area contributed by atoms with Gasteiger partial charge in [0.05, 0.1) is 18.2 Å². The van der Waals surface area contributed by atoms with Crippen molar-refractivity contribution in [3.05, 3.63) is 22.2 Å². The third kappa shape index (κ3) is 4.11. The van der Waals surface area contributed by atoms with Gasteiger partial charge in [-0.1, -0.05) is 0 Å². The van der Waals surface area contributed by atoms with Crippen LogP contribution in [0.1, 0.15) is 18.4 Å². The molecule has 20 heavy (non-hydrogen) atoms. The van der Waals surface area contributed by atoms with E-state index in [9.17, 15) is 0 Å². The first-order valence-corrected chi connectivity index (χ1v) is 7.81. The minimum absolute atomic E-state index is 0.559. The minimum Gasteiger partial charge on any atom is -0.493 e. The Balaban J connectivity index is 2.05. The Kier molecular flexibility index (Phi) is 6.13. The van der Waals surface area contributed by atoms with Crippen LogP contribution in [0.4, 0.5) is 0 Å². The lowest BCUT2D eigenvalue weighted by Gasteiger charge is -2.23. The van der Waals surface area contributed by atoms with Gasteiger partial charge in [0.15, 0.2) is 11.5 Å². The summed E-state index contributed by atoms with van der Waals surface area (Å²) in [6.07, 6.45) is 2.95. The van der Waals surface area contributed by atoms with Gasteiger partial charge in [-0.2, -0.15) is 0 Å². The molecule has 0 atom stereocenters. The van der Waals surface area contributed by atoms with Gasteiger partial charge in [0.2, 0.25) is 0 Å².